The van der Waals surface area contributed by atoms with Crippen LogP contribution in [0.4, 0.5) is 10.1 Å². The number of benzene rings is 1. The molecule has 0 radical (unpaired) electrons. The fourth-order valence-corrected chi connectivity index (χ4v) is 3.45. The second-order valence-electron chi connectivity index (χ2n) is 8.66. The molecule has 0 atom stereocenters. The average Bonchev–Trinajstić information content (AvgIpc) is 2.86. The van der Waals surface area contributed by atoms with Crippen molar-refractivity contribution in [3.05, 3.63) is 39.8 Å². The van der Waals surface area contributed by atoms with Gasteiger partial charge in [0.05, 0.1) is 4.92 Å². The number of nitrogens with one attached hydrogen (secondary N) is 1. The van der Waals surface area contributed by atoms with E-state index in [1.54, 1.807) is 0 Å². The summed E-state index contributed by atoms with van der Waals surface area (Å²) in [6.07, 6.45) is 1.70. The van der Waals surface area contributed by atoms with Crippen molar-refractivity contribution in [3.63, 3.8) is 0 Å². The van der Waals surface area contributed by atoms with Crippen molar-refractivity contribution in [2.24, 2.45) is 0 Å². The second-order valence-corrected chi connectivity index (χ2v) is 13.1. The molecule has 0 saturated carbocycles. The third-order valence-corrected chi connectivity index (χ3v) is 9.21. The summed E-state index contributed by atoms with van der Waals surface area (Å²) in [6.45, 7) is 12.3. The first-order valence-corrected chi connectivity index (χ1v) is 11.4. The van der Waals surface area contributed by atoms with Gasteiger partial charge in [0.1, 0.15) is 0 Å². The van der Waals surface area contributed by atoms with E-state index in [2.05, 4.69) is 32.7 Å². The summed E-state index contributed by atoms with van der Waals surface area (Å²) < 4.78 is 13.8. The number of halogens is 1. The zero-order valence-corrected chi connectivity index (χ0v) is 16.7. The SMILES string of the molecule is CC(C)(CCC(C)(C)[Si](C)(C)O)c1cc2cc([N+](=O)[O-])c(F)cc2[nH]1. The van der Waals surface area contributed by atoms with Crippen LogP contribution >= 0.6 is 0 Å². The van der Waals surface area contributed by atoms with Gasteiger partial charge in [-0.2, -0.15) is 4.39 Å². The highest BCUT2D eigenvalue weighted by atomic mass is 28.4. The van der Waals surface area contributed by atoms with Crippen molar-refractivity contribution in [1.82, 2.24) is 4.98 Å². The van der Waals surface area contributed by atoms with E-state index in [0.29, 0.717) is 10.9 Å². The van der Waals surface area contributed by atoms with Gasteiger partial charge in [0, 0.05) is 34.1 Å². The van der Waals surface area contributed by atoms with Crippen molar-refractivity contribution >= 4 is 24.9 Å². The first-order chi connectivity index (χ1) is 11.2. The molecule has 0 aliphatic carbocycles. The molecule has 1 heterocycles. The molecule has 0 amide bonds. The number of hydrogen-bond acceptors (Lipinski definition) is 3. The van der Waals surface area contributed by atoms with Gasteiger partial charge in [0.2, 0.25) is 5.82 Å². The summed E-state index contributed by atoms with van der Waals surface area (Å²) in [5, 5.41) is 11.4. The molecular weight excluding hydrogens is 339 g/mol. The monoisotopic (exact) mass is 366 g/mol. The van der Waals surface area contributed by atoms with Crippen LogP contribution in [0.3, 0.4) is 0 Å². The molecule has 2 aromatic rings. The Morgan fingerprint density at radius 2 is 1.80 bits per heavy atom. The largest absolute Gasteiger partial charge is 0.432 e. The zero-order chi connectivity index (χ0) is 19.2. The number of aromatic nitrogens is 1. The van der Waals surface area contributed by atoms with Gasteiger partial charge in [-0.15, -0.1) is 0 Å². The smallest absolute Gasteiger partial charge is 0.305 e. The van der Waals surface area contributed by atoms with Crippen molar-refractivity contribution in [2.45, 2.75) is 64.1 Å². The molecule has 0 aliphatic heterocycles. The van der Waals surface area contributed by atoms with Gasteiger partial charge in [-0.05, 0) is 37.0 Å². The molecule has 7 heteroatoms. The Morgan fingerprint density at radius 1 is 1.20 bits per heavy atom. The quantitative estimate of drug-likeness (QED) is 0.416. The van der Waals surface area contributed by atoms with Crippen molar-refractivity contribution in [3.8, 4) is 0 Å². The number of nitrogens with zero attached hydrogens (tertiary/aromatic N) is 1. The highest BCUT2D eigenvalue weighted by Crippen LogP contribution is 2.43. The molecule has 0 fully saturated rings. The maximum atomic E-state index is 13.8. The normalized spacial score (nSPS) is 13.4. The second kappa shape index (κ2) is 6.21. The predicted octanol–water partition coefficient (Wildman–Crippen LogP) is 5.25. The van der Waals surface area contributed by atoms with Gasteiger partial charge >= 0.3 is 5.69 Å². The van der Waals surface area contributed by atoms with E-state index >= 15 is 0 Å². The summed E-state index contributed by atoms with van der Waals surface area (Å²) in [4.78, 5) is 23.9. The third kappa shape index (κ3) is 3.93. The van der Waals surface area contributed by atoms with Crippen LogP contribution in [-0.2, 0) is 5.41 Å². The van der Waals surface area contributed by atoms with Gasteiger partial charge in [0.25, 0.3) is 0 Å². The van der Waals surface area contributed by atoms with E-state index in [-0.39, 0.29) is 10.5 Å². The average molecular weight is 367 g/mol. The molecule has 0 saturated heterocycles. The fraction of sp³-hybridized carbons (Fsp3) is 0.556. The Hall–Kier alpha value is -1.73. The topological polar surface area (TPSA) is 79.2 Å². The molecule has 2 rings (SSSR count). The Kier molecular flexibility index (Phi) is 4.87. The van der Waals surface area contributed by atoms with Crippen LogP contribution in [-0.4, -0.2) is 23.0 Å². The molecular formula is C18H27FN2O3Si. The van der Waals surface area contributed by atoms with Crippen LogP contribution in [0, 0.1) is 15.9 Å². The minimum atomic E-state index is -2.28. The molecule has 0 bridgehead atoms. The number of rotatable bonds is 6. The summed E-state index contributed by atoms with van der Waals surface area (Å²) >= 11 is 0. The zero-order valence-electron chi connectivity index (χ0n) is 15.7. The minimum absolute atomic E-state index is 0.124. The van der Waals surface area contributed by atoms with Crippen LogP contribution < -0.4 is 0 Å². The molecule has 2 N–H and O–H groups in total. The number of fused-ring (bicyclic) bond motifs is 1. The lowest BCUT2D eigenvalue weighted by Gasteiger charge is -2.37. The number of H-pyrrole nitrogens is 1. The lowest BCUT2D eigenvalue weighted by Crippen LogP contribution is -2.39. The van der Waals surface area contributed by atoms with E-state index in [4.69, 9.17) is 0 Å². The van der Waals surface area contributed by atoms with Crippen molar-refractivity contribution < 1.29 is 14.1 Å². The van der Waals surface area contributed by atoms with Crippen molar-refractivity contribution in [2.75, 3.05) is 0 Å². The number of nitro groups is 1. The first-order valence-electron chi connectivity index (χ1n) is 8.44. The van der Waals surface area contributed by atoms with E-state index in [1.165, 1.54) is 12.1 Å². The Labute approximate surface area is 148 Å². The number of hydrogen-bond donors (Lipinski definition) is 2. The van der Waals surface area contributed by atoms with E-state index in [9.17, 15) is 19.3 Å². The lowest BCUT2D eigenvalue weighted by molar-refractivity contribution is -0.387. The molecule has 0 unspecified atom stereocenters. The van der Waals surface area contributed by atoms with Crippen LogP contribution in [0.1, 0.15) is 46.2 Å². The molecule has 0 aliphatic rings. The first kappa shape index (κ1) is 19.6. The minimum Gasteiger partial charge on any atom is -0.432 e. The Bertz CT molecular complexity index is 806. The maximum absolute atomic E-state index is 13.8. The molecule has 25 heavy (non-hydrogen) atoms. The Balaban J connectivity index is 2.32. The summed E-state index contributed by atoms with van der Waals surface area (Å²) in [5.74, 6) is -0.835. The van der Waals surface area contributed by atoms with Crippen LogP contribution in [0.5, 0.6) is 0 Å². The van der Waals surface area contributed by atoms with Gasteiger partial charge in [-0.1, -0.05) is 27.7 Å². The summed E-state index contributed by atoms with van der Waals surface area (Å²) in [7, 11) is -2.28. The highest BCUT2D eigenvalue weighted by molar-refractivity contribution is 6.72. The molecule has 0 spiro atoms. The molecule has 138 valence electrons. The van der Waals surface area contributed by atoms with Crippen molar-refractivity contribution in [1.29, 1.82) is 0 Å². The third-order valence-electron chi connectivity index (χ3n) is 5.65. The predicted molar refractivity (Wildman–Crippen MR) is 101 cm³/mol. The summed E-state index contributed by atoms with van der Waals surface area (Å²) in [6, 6.07) is 4.31. The lowest BCUT2D eigenvalue weighted by atomic mass is 9.82. The van der Waals surface area contributed by atoms with Gasteiger partial charge < -0.3 is 9.78 Å². The maximum Gasteiger partial charge on any atom is 0.305 e. The van der Waals surface area contributed by atoms with E-state index in [1.807, 2.05) is 19.2 Å². The van der Waals surface area contributed by atoms with E-state index < -0.39 is 24.7 Å². The fourth-order valence-electron chi connectivity index (χ4n) is 2.71. The molecule has 1 aromatic heterocycles. The standard InChI is InChI=1S/C18H27FN2O3Si/c1-17(2,7-8-18(3,4)25(5,6)24)16-10-12-9-15(21(22)23)13(19)11-14(12)20-16/h9-11,20,24H,7-8H2,1-6H3. The Morgan fingerprint density at radius 3 is 2.32 bits per heavy atom. The van der Waals surface area contributed by atoms with Gasteiger partial charge in [-0.25, -0.2) is 0 Å². The van der Waals surface area contributed by atoms with Gasteiger partial charge in [-0.3, -0.25) is 10.1 Å². The number of nitro benzene ring substituents is 1. The van der Waals surface area contributed by atoms with Crippen LogP contribution in [0.15, 0.2) is 18.2 Å². The van der Waals surface area contributed by atoms with Crippen LogP contribution in [0.2, 0.25) is 18.1 Å². The van der Waals surface area contributed by atoms with E-state index in [0.717, 1.165) is 18.5 Å². The summed E-state index contributed by atoms with van der Waals surface area (Å²) in [5.41, 5.74) is 0.740. The molecule has 1 aromatic carbocycles. The van der Waals surface area contributed by atoms with Gasteiger partial charge in [0.15, 0.2) is 8.32 Å². The number of aromatic amines is 1. The molecule has 5 nitrogen and oxygen atoms in total. The van der Waals surface area contributed by atoms with Crippen LogP contribution in [0.25, 0.3) is 10.9 Å². The highest BCUT2D eigenvalue weighted by Gasteiger charge is 2.39.